The van der Waals surface area contributed by atoms with Crippen molar-refractivity contribution in [3.05, 3.63) is 29.6 Å². The zero-order valence-electron chi connectivity index (χ0n) is 13.0. The van der Waals surface area contributed by atoms with Crippen molar-refractivity contribution in [2.24, 2.45) is 0 Å². The summed E-state index contributed by atoms with van der Waals surface area (Å²) in [5.41, 5.74) is -0.844. The quantitative estimate of drug-likeness (QED) is 0.845. The number of carbonyl (C=O) groups is 1. The Morgan fingerprint density at radius 1 is 1.17 bits per heavy atom. The van der Waals surface area contributed by atoms with E-state index in [-0.39, 0.29) is 11.5 Å². The Hall–Kier alpha value is -1.63. The molecule has 1 aliphatic heterocycles. The first kappa shape index (κ1) is 17.7. The number of rotatable bonds is 5. The molecular weight excluding hydrogens is 307 g/mol. The average Bonchev–Trinajstić information content (AvgIpc) is 2.79. The number of hydrogen-bond donors (Lipinski definition) is 1. The third-order valence-corrected chi connectivity index (χ3v) is 3.95. The maximum absolute atomic E-state index is 12.4. The minimum absolute atomic E-state index is 0.146. The molecule has 0 saturated carbocycles. The molecule has 0 aliphatic carbocycles. The van der Waals surface area contributed by atoms with Gasteiger partial charge in [-0.15, -0.1) is 0 Å². The van der Waals surface area contributed by atoms with Gasteiger partial charge in [-0.05, 0) is 51.0 Å². The number of alkyl halides is 3. The summed E-state index contributed by atoms with van der Waals surface area (Å²) < 4.78 is 37.2. The van der Waals surface area contributed by atoms with Crippen LogP contribution >= 0.6 is 0 Å². The van der Waals surface area contributed by atoms with Gasteiger partial charge in [0.1, 0.15) is 5.69 Å². The van der Waals surface area contributed by atoms with E-state index < -0.39 is 11.9 Å². The van der Waals surface area contributed by atoms with Gasteiger partial charge in [-0.3, -0.25) is 9.78 Å². The number of likely N-dealkylation sites (tertiary alicyclic amines) is 1. The second-order valence-electron chi connectivity index (χ2n) is 5.80. The van der Waals surface area contributed by atoms with Crippen LogP contribution in [0.4, 0.5) is 13.2 Å². The van der Waals surface area contributed by atoms with E-state index in [9.17, 15) is 18.0 Å². The molecule has 1 aliphatic rings. The van der Waals surface area contributed by atoms with Crippen LogP contribution in [0.25, 0.3) is 0 Å². The van der Waals surface area contributed by atoms with Crippen LogP contribution in [0.3, 0.4) is 0 Å². The molecule has 7 heteroatoms. The Bertz CT molecular complexity index is 494. The number of halogens is 3. The zero-order chi connectivity index (χ0) is 16.7. The fraction of sp³-hybridized carbons (Fsp3) is 0.625. The maximum Gasteiger partial charge on any atom is 0.433 e. The van der Waals surface area contributed by atoms with Gasteiger partial charge < -0.3 is 10.2 Å². The molecule has 0 bridgehead atoms. The summed E-state index contributed by atoms with van der Waals surface area (Å²) in [6, 6.07) is 1.98. The summed E-state index contributed by atoms with van der Waals surface area (Å²) in [5.74, 6) is -0.387. The number of pyridine rings is 1. The van der Waals surface area contributed by atoms with Crippen molar-refractivity contribution in [2.75, 3.05) is 26.2 Å². The van der Waals surface area contributed by atoms with Crippen molar-refractivity contribution in [1.82, 2.24) is 15.2 Å². The molecule has 1 saturated heterocycles. The Kier molecular flexibility index (Phi) is 6.38. The maximum atomic E-state index is 12.4. The Morgan fingerprint density at radius 2 is 1.87 bits per heavy atom. The summed E-state index contributed by atoms with van der Waals surface area (Å²) in [6.07, 6.45) is 2.34. The van der Waals surface area contributed by atoms with E-state index in [1.54, 1.807) is 0 Å². The van der Waals surface area contributed by atoms with E-state index in [0.29, 0.717) is 6.54 Å². The average molecular weight is 329 g/mol. The topological polar surface area (TPSA) is 45.2 Å². The fourth-order valence-corrected chi connectivity index (χ4v) is 2.66. The molecule has 1 N–H and O–H groups in total. The lowest BCUT2D eigenvalue weighted by Crippen LogP contribution is -2.30. The van der Waals surface area contributed by atoms with E-state index in [4.69, 9.17) is 0 Å². The van der Waals surface area contributed by atoms with Crippen molar-refractivity contribution < 1.29 is 18.0 Å². The van der Waals surface area contributed by atoms with Gasteiger partial charge in [0.15, 0.2) is 0 Å². The third-order valence-electron chi connectivity index (χ3n) is 3.95. The molecule has 128 valence electrons. The second-order valence-corrected chi connectivity index (χ2v) is 5.80. The first-order valence-electron chi connectivity index (χ1n) is 8.00. The van der Waals surface area contributed by atoms with Gasteiger partial charge in [-0.1, -0.05) is 12.8 Å². The van der Waals surface area contributed by atoms with Crippen LogP contribution in [0.2, 0.25) is 0 Å². The minimum atomic E-state index is -4.48. The Balaban J connectivity index is 1.72. The SMILES string of the molecule is O=C(NCCCN1CCCCCC1)c1ccc(C(F)(F)F)nc1. The molecule has 0 aromatic carbocycles. The number of aromatic nitrogens is 1. The van der Waals surface area contributed by atoms with Crippen LogP contribution < -0.4 is 5.32 Å². The lowest BCUT2D eigenvalue weighted by atomic mass is 10.2. The molecular formula is C16H22F3N3O. The minimum Gasteiger partial charge on any atom is -0.352 e. The summed E-state index contributed by atoms with van der Waals surface area (Å²) >= 11 is 0. The molecule has 0 spiro atoms. The first-order valence-corrected chi connectivity index (χ1v) is 8.00. The molecule has 23 heavy (non-hydrogen) atoms. The van der Waals surface area contributed by atoms with E-state index in [1.807, 2.05) is 0 Å². The second kappa shape index (κ2) is 8.29. The van der Waals surface area contributed by atoms with Crippen molar-refractivity contribution in [3.8, 4) is 0 Å². The van der Waals surface area contributed by atoms with Crippen molar-refractivity contribution in [2.45, 2.75) is 38.3 Å². The van der Waals surface area contributed by atoms with Crippen molar-refractivity contribution >= 4 is 5.91 Å². The van der Waals surface area contributed by atoms with Gasteiger partial charge in [-0.2, -0.15) is 13.2 Å². The fourth-order valence-electron chi connectivity index (χ4n) is 2.66. The van der Waals surface area contributed by atoms with E-state index in [1.165, 1.54) is 25.7 Å². The monoisotopic (exact) mass is 329 g/mol. The van der Waals surface area contributed by atoms with Crippen LogP contribution in [0, 0.1) is 0 Å². The molecule has 4 nitrogen and oxygen atoms in total. The highest BCUT2D eigenvalue weighted by atomic mass is 19.4. The highest BCUT2D eigenvalue weighted by Crippen LogP contribution is 2.27. The normalized spacial score (nSPS) is 16.8. The van der Waals surface area contributed by atoms with Crippen LogP contribution in [-0.2, 0) is 6.18 Å². The molecule has 1 aromatic rings. The molecule has 1 amide bonds. The summed E-state index contributed by atoms with van der Waals surface area (Å²) in [4.78, 5) is 17.6. The van der Waals surface area contributed by atoms with Gasteiger partial charge in [0.25, 0.3) is 5.91 Å². The predicted octanol–water partition coefficient (Wildman–Crippen LogP) is 3.10. The molecule has 1 fully saturated rings. The summed E-state index contributed by atoms with van der Waals surface area (Å²) in [7, 11) is 0. The van der Waals surface area contributed by atoms with Crippen LogP contribution in [0.1, 0.15) is 48.2 Å². The number of amides is 1. The van der Waals surface area contributed by atoms with Crippen LogP contribution in [0.5, 0.6) is 0 Å². The number of nitrogens with one attached hydrogen (secondary N) is 1. The molecule has 1 aromatic heterocycles. The Morgan fingerprint density at radius 3 is 2.43 bits per heavy atom. The van der Waals surface area contributed by atoms with Gasteiger partial charge >= 0.3 is 6.18 Å². The van der Waals surface area contributed by atoms with Crippen LogP contribution in [0.15, 0.2) is 18.3 Å². The largest absolute Gasteiger partial charge is 0.433 e. The lowest BCUT2D eigenvalue weighted by molar-refractivity contribution is -0.141. The molecule has 0 atom stereocenters. The summed E-state index contributed by atoms with van der Waals surface area (Å²) in [5, 5.41) is 2.73. The smallest absolute Gasteiger partial charge is 0.352 e. The molecule has 2 rings (SSSR count). The number of nitrogens with zero attached hydrogens (tertiary/aromatic N) is 2. The predicted molar refractivity (Wildman–Crippen MR) is 81.1 cm³/mol. The van der Waals surface area contributed by atoms with E-state index in [2.05, 4.69) is 15.2 Å². The van der Waals surface area contributed by atoms with Gasteiger partial charge in [0.2, 0.25) is 0 Å². The van der Waals surface area contributed by atoms with Crippen molar-refractivity contribution in [1.29, 1.82) is 0 Å². The third kappa shape index (κ3) is 5.82. The van der Waals surface area contributed by atoms with Crippen molar-refractivity contribution in [3.63, 3.8) is 0 Å². The summed E-state index contributed by atoms with van der Waals surface area (Å²) in [6.45, 7) is 3.66. The highest BCUT2D eigenvalue weighted by Gasteiger charge is 2.32. The first-order chi connectivity index (χ1) is 11.0. The molecule has 0 radical (unpaired) electrons. The highest BCUT2D eigenvalue weighted by molar-refractivity contribution is 5.93. The molecule has 0 unspecified atom stereocenters. The zero-order valence-corrected chi connectivity index (χ0v) is 13.0. The number of hydrogen-bond acceptors (Lipinski definition) is 3. The number of carbonyl (C=O) groups excluding carboxylic acids is 1. The Labute approximate surface area is 134 Å². The van der Waals surface area contributed by atoms with E-state index in [0.717, 1.165) is 44.4 Å². The van der Waals surface area contributed by atoms with Gasteiger partial charge in [0.05, 0.1) is 5.56 Å². The van der Waals surface area contributed by atoms with Gasteiger partial charge in [-0.25, -0.2) is 0 Å². The molecule has 2 heterocycles. The van der Waals surface area contributed by atoms with E-state index >= 15 is 0 Å². The standard InChI is InChI=1S/C16H22F3N3O/c17-16(18,19)14-7-6-13(12-21-14)15(23)20-8-5-11-22-9-3-1-2-4-10-22/h6-7,12H,1-5,8-11H2,(H,20,23). The van der Waals surface area contributed by atoms with Crippen LogP contribution in [-0.4, -0.2) is 42.0 Å². The van der Waals surface area contributed by atoms with Gasteiger partial charge in [0, 0.05) is 12.7 Å². The lowest BCUT2D eigenvalue weighted by Gasteiger charge is -2.19.